The molecule has 0 radical (unpaired) electrons. The molecule has 0 saturated heterocycles. The van der Waals surface area contributed by atoms with Gasteiger partial charge in [0.2, 0.25) is 0 Å². The highest BCUT2D eigenvalue weighted by atomic mass is 19.3. The van der Waals surface area contributed by atoms with Crippen molar-refractivity contribution in [3.63, 3.8) is 0 Å². The summed E-state index contributed by atoms with van der Waals surface area (Å²) in [6.07, 6.45) is -2.61. The van der Waals surface area contributed by atoms with E-state index in [1.807, 2.05) is 30.3 Å². The fourth-order valence-corrected chi connectivity index (χ4v) is 1.76. The lowest BCUT2D eigenvalue weighted by Crippen LogP contribution is -2.19. The van der Waals surface area contributed by atoms with Crippen molar-refractivity contribution in [1.29, 1.82) is 0 Å². The standard InChI is InChI=1S/C15H15F2NO/c16-15(17)14(18)12-8-4-5-9-13(12)19-10-11-6-2-1-3-7-11/h1-9,14-15H,10,18H2/t14-/m0/s1. The maximum Gasteiger partial charge on any atom is 0.257 e. The van der Waals surface area contributed by atoms with E-state index < -0.39 is 12.5 Å². The minimum absolute atomic E-state index is 0.327. The Kier molecular flexibility index (Phi) is 4.47. The first kappa shape index (κ1) is 13.5. The van der Waals surface area contributed by atoms with Crippen molar-refractivity contribution < 1.29 is 13.5 Å². The Balaban J connectivity index is 2.12. The molecule has 0 fully saturated rings. The number of halogens is 2. The number of para-hydroxylation sites is 1. The number of nitrogens with two attached hydrogens (primary N) is 1. The largest absolute Gasteiger partial charge is 0.489 e. The van der Waals surface area contributed by atoms with Crippen LogP contribution in [0.1, 0.15) is 17.2 Å². The summed E-state index contributed by atoms with van der Waals surface area (Å²) in [6.45, 7) is 0.327. The molecule has 0 saturated carbocycles. The van der Waals surface area contributed by atoms with Crippen molar-refractivity contribution in [3.05, 3.63) is 65.7 Å². The lowest BCUT2D eigenvalue weighted by Gasteiger charge is -2.16. The van der Waals surface area contributed by atoms with Gasteiger partial charge in [-0.2, -0.15) is 0 Å². The van der Waals surface area contributed by atoms with Crippen LogP contribution in [0, 0.1) is 0 Å². The van der Waals surface area contributed by atoms with Crippen molar-refractivity contribution in [3.8, 4) is 5.75 Å². The molecule has 2 N–H and O–H groups in total. The van der Waals surface area contributed by atoms with Gasteiger partial charge in [-0.15, -0.1) is 0 Å². The van der Waals surface area contributed by atoms with Crippen LogP contribution in [0.5, 0.6) is 5.75 Å². The first-order valence-electron chi connectivity index (χ1n) is 5.98. The molecular formula is C15H15F2NO. The van der Waals surface area contributed by atoms with Gasteiger partial charge >= 0.3 is 0 Å². The highest BCUT2D eigenvalue weighted by Gasteiger charge is 2.20. The highest BCUT2D eigenvalue weighted by molar-refractivity contribution is 5.36. The maximum absolute atomic E-state index is 12.7. The molecule has 2 aromatic carbocycles. The second-order valence-electron chi connectivity index (χ2n) is 4.17. The third kappa shape index (κ3) is 3.51. The minimum atomic E-state index is -2.61. The van der Waals surface area contributed by atoms with Gasteiger partial charge in [0.25, 0.3) is 6.43 Å². The van der Waals surface area contributed by atoms with Crippen LogP contribution in [0.25, 0.3) is 0 Å². The lowest BCUT2D eigenvalue weighted by molar-refractivity contribution is 0.114. The summed E-state index contributed by atoms with van der Waals surface area (Å²) in [5.41, 5.74) is 6.78. The molecular weight excluding hydrogens is 248 g/mol. The molecule has 1 atom stereocenters. The number of rotatable bonds is 5. The molecule has 100 valence electrons. The van der Waals surface area contributed by atoms with Crippen LogP contribution in [0.3, 0.4) is 0 Å². The molecule has 0 bridgehead atoms. The summed E-state index contributed by atoms with van der Waals surface area (Å²) < 4.78 is 30.9. The zero-order valence-corrected chi connectivity index (χ0v) is 10.3. The van der Waals surface area contributed by atoms with Gasteiger partial charge in [0.1, 0.15) is 12.4 Å². The topological polar surface area (TPSA) is 35.2 Å². The van der Waals surface area contributed by atoms with E-state index in [1.54, 1.807) is 24.3 Å². The van der Waals surface area contributed by atoms with Gasteiger partial charge in [-0.3, -0.25) is 0 Å². The Morgan fingerprint density at radius 2 is 1.58 bits per heavy atom. The van der Waals surface area contributed by atoms with E-state index in [2.05, 4.69) is 0 Å². The number of hydrogen-bond acceptors (Lipinski definition) is 2. The first-order valence-corrected chi connectivity index (χ1v) is 5.98. The van der Waals surface area contributed by atoms with Crippen LogP contribution in [-0.4, -0.2) is 6.43 Å². The Labute approximate surface area is 110 Å². The summed E-state index contributed by atoms with van der Waals surface area (Å²) in [7, 11) is 0. The monoisotopic (exact) mass is 263 g/mol. The van der Waals surface area contributed by atoms with E-state index in [4.69, 9.17) is 10.5 Å². The Morgan fingerprint density at radius 1 is 0.947 bits per heavy atom. The molecule has 0 unspecified atom stereocenters. The molecule has 0 heterocycles. The van der Waals surface area contributed by atoms with E-state index in [0.717, 1.165) is 5.56 Å². The molecule has 4 heteroatoms. The van der Waals surface area contributed by atoms with Crippen molar-refractivity contribution >= 4 is 0 Å². The van der Waals surface area contributed by atoms with E-state index in [1.165, 1.54) is 0 Å². The Hall–Kier alpha value is -1.94. The van der Waals surface area contributed by atoms with Crippen molar-refractivity contribution in [1.82, 2.24) is 0 Å². The molecule has 2 rings (SSSR count). The predicted molar refractivity (Wildman–Crippen MR) is 70.1 cm³/mol. The first-order chi connectivity index (χ1) is 9.18. The van der Waals surface area contributed by atoms with Crippen molar-refractivity contribution in [2.45, 2.75) is 19.1 Å². The molecule has 2 nitrogen and oxygen atoms in total. The van der Waals surface area contributed by atoms with Gasteiger partial charge in [0.15, 0.2) is 0 Å². The normalized spacial score (nSPS) is 12.4. The quantitative estimate of drug-likeness (QED) is 0.895. The lowest BCUT2D eigenvalue weighted by atomic mass is 10.1. The zero-order chi connectivity index (χ0) is 13.7. The molecule has 0 aliphatic carbocycles. The number of alkyl halides is 2. The maximum atomic E-state index is 12.7. The summed E-state index contributed by atoms with van der Waals surface area (Å²) in [5, 5.41) is 0. The van der Waals surface area contributed by atoms with Crippen LogP contribution in [0.2, 0.25) is 0 Å². The molecule has 0 amide bonds. The minimum Gasteiger partial charge on any atom is -0.489 e. The van der Waals surface area contributed by atoms with E-state index >= 15 is 0 Å². The molecule has 0 aromatic heterocycles. The number of hydrogen-bond donors (Lipinski definition) is 1. The smallest absolute Gasteiger partial charge is 0.257 e. The molecule has 0 aliphatic rings. The summed E-state index contributed by atoms with van der Waals surface area (Å²) >= 11 is 0. The number of ether oxygens (including phenoxy) is 1. The fraction of sp³-hybridized carbons (Fsp3) is 0.200. The summed E-state index contributed by atoms with van der Waals surface area (Å²) in [6, 6.07) is 14.8. The van der Waals surface area contributed by atoms with Crippen LogP contribution in [0.4, 0.5) is 8.78 Å². The van der Waals surface area contributed by atoms with E-state index in [9.17, 15) is 8.78 Å². The fourth-order valence-electron chi connectivity index (χ4n) is 1.76. The summed E-state index contributed by atoms with van der Waals surface area (Å²) in [5.74, 6) is 0.402. The second-order valence-corrected chi connectivity index (χ2v) is 4.17. The van der Waals surface area contributed by atoms with E-state index in [0.29, 0.717) is 17.9 Å². The molecule has 0 aliphatic heterocycles. The van der Waals surface area contributed by atoms with Gasteiger partial charge in [-0.25, -0.2) is 8.78 Å². The number of benzene rings is 2. The van der Waals surface area contributed by atoms with Gasteiger partial charge < -0.3 is 10.5 Å². The third-order valence-electron chi connectivity index (χ3n) is 2.79. The van der Waals surface area contributed by atoms with Gasteiger partial charge in [-0.1, -0.05) is 48.5 Å². The Bertz CT molecular complexity index is 517. The average molecular weight is 263 g/mol. The SMILES string of the molecule is N[C@@H](c1ccccc1OCc1ccccc1)C(F)F. The van der Waals surface area contributed by atoms with Gasteiger partial charge in [0, 0.05) is 5.56 Å². The van der Waals surface area contributed by atoms with Gasteiger partial charge in [-0.05, 0) is 11.6 Å². The Morgan fingerprint density at radius 3 is 2.26 bits per heavy atom. The van der Waals surface area contributed by atoms with Crippen LogP contribution >= 0.6 is 0 Å². The second kappa shape index (κ2) is 6.29. The predicted octanol–water partition coefficient (Wildman–Crippen LogP) is 3.53. The zero-order valence-electron chi connectivity index (χ0n) is 10.3. The molecule has 2 aromatic rings. The molecule has 19 heavy (non-hydrogen) atoms. The van der Waals surface area contributed by atoms with Crippen LogP contribution < -0.4 is 10.5 Å². The summed E-state index contributed by atoms with van der Waals surface area (Å²) in [4.78, 5) is 0. The van der Waals surface area contributed by atoms with Crippen molar-refractivity contribution in [2.75, 3.05) is 0 Å². The third-order valence-corrected chi connectivity index (χ3v) is 2.79. The van der Waals surface area contributed by atoms with Crippen LogP contribution in [-0.2, 0) is 6.61 Å². The highest BCUT2D eigenvalue weighted by Crippen LogP contribution is 2.28. The molecule has 0 spiro atoms. The van der Waals surface area contributed by atoms with Crippen molar-refractivity contribution in [2.24, 2.45) is 5.73 Å². The van der Waals surface area contributed by atoms with Crippen LogP contribution in [0.15, 0.2) is 54.6 Å². The average Bonchev–Trinajstić information content (AvgIpc) is 2.45. The van der Waals surface area contributed by atoms with Gasteiger partial charge in [0.05, 0.1) is 6.04 Å². The van der Waals surface area contributed by atoms with E-state index in [-0.39, 0.29) is 0 Å².